The molecule has 0 saturated heterocycles. The van der Waals surface area contributed by atoms with Gasteiger partial charge in [0.2, 0.25) is 6.79 Å². The van der Waals surface area contributed by atoms with Crippen molar-refractivity contribution in [1.82, 2.24) is 9.38 Å². The van der Waals surface area contributed by atoms with Gasteiger partial charge in [-0.3, -0.25) is 9.20 Å². The number of phenols is 1. The minimum atomic E-state index is -0.556. The standard InChI is InChI=1S/C16H13ClN2O5S/c1-22-13(21)5-9(14-15(17)18-16-19(14)2-3-25-16)8-4-11-12(6-10(8)20)24-7-23-11/h2-4,6,9,20H,5,7H2,1H3/t9-/m1/s1. The van der Waals surface area contributed by atoms with Gasteiger partial charge in [-0.25, -0.2) is 4.98 Å². The van der Waals surface area contributed by atoms with Crippen LogP contribution in [0.4, 0.5) is 0 Å². The van der Waals surface area contributed by atoms with Crippen LogP contribution >= 0.6 is 22.9 Å². The first-order valence-electron chi connectivity index (χ1n) is 7.38. The molecule has 0 amide bonds. The number of halogens is 1. The summed E-state index contributed by atoms with van der Waals surface area (Å²) in [4.78, 5) is 17.0. The first-order valence-corrected chi connectivity index (χ1v) is 8.64. The average Bonchev–Trinajstić information content (AvgIpc) is 3.27. The van der Waals surface area contributed by atoms with Gasteiger partial charge in [0, 0.05) is 29.1 Å². The molecule has 7 nitrogen and oxygen atoms in total. The Morgan fingerprint density at radius 1 is 1.48 bits per heavy atom. The zero-order valence-corrected chi connectivity index (χ0v) is 14.6. The van der Waals surface area contributed by atoms with Crippen molar-refractivity contribution in [3.05, 3.63) is 40.1 Å². The second kappa shape index (κ2) is 6.12. The molecule has 3 heterocycles. The fraction of sp³-hybridized carbons (Fsp3) is 0.250. The van der Waals surface area contributed by atoms with Crippen molar-refractivity contribution >= 4 is 33.9 Å². The van der Waals surface area contributed by atoms with E-state index < -0.39 is 11.9 Å². The van der Waals surface area contributed by atoms with Crippen LogP contribution in [-0.4, -0.2) is 34.4 Å². The summed E-state index contributed by atoms with van der Waals surface area (Å²) in [6.07, 6.45) is 1.82. The van der Waals surface area contributed by atoms with E-state index in [9.17, 15) is 9.90 Å². The molecule has 130 valence electrons. The van der Waals surface area contributed by atoms with Crippen LogP contribution in [0.3, 0.4) is 0 Å². The second-order valence-corrected chi connectivity index (χ2v) is 6.67. The molecule has 0 bridgehead atoms. The number of fused-ring (bicyclic) bond motifs is 2. The molecule has 0 spiro atoms. The maximum absolute atomic E-state index is 12.0. The Morgan fingerprint density at radius 3 is 3.00 bits per heavy atom. The zero-order valence-electron chi connectivity index (χ0n) is 13.1. The molecule has 4 rings (SSSR count). The van der Waals surface area contributed by atoms with Crippen molar-refractivity contribution < 1.29 is 24.1 Å². The Balaban J connectivity index is 1.89. The van der Waals surface area contributed by atoms with E-state index in [2.05, 4.69) is 4.98 Å². The maximum Gasteiger partial charge on any atom is 0.306 e. The second-order valence-electron chi connectivity index (χ2n) is 5.44. The SMILES string of the molecule is COC(=O)C[C@H](c1cc2c(cc1O)OCO2)c1c(Cl)nc2sccn12. The molecule has 0 aliphatic carbocycles. The number of carbonyl (C=O) groups is 1. The molecule has 25 heavy (non-hydrogen) atoms. The summed E-state index contributed by atoms with van der Waals surface area (Å²) in [5.41, 5.74) is 1.10. The highest BCUT2D eigenvalue weighted by molar-refractivity contribution is 7.15. The molecule has 0 radical (unpaired) electrons. The Kier molecular flexibility index (Phi) is 3.93. The Morgan fingerprint density at radius 2 is 2.24 bits per heavy atom. The number of nitrogens with zero attached hydrogens (tertiary/aromatic N) is 2. The van der Waals surface area contributed by atoms with Gasteiger partial charge in [0.1, 0.15) is 5.75 Å². The number of hydrogen-bond acceptors (Lipinski definition) is 7. The van der Waals surface area contributed by atoms with Crippen molar-refractivity contribution in [2.45, 2.75) is 12.3 Å². The number of aromatic nitrogens is 2. The predicted octanol–water partition coefficient (Wildman–Crippen LogP) is 3.18. The number of carbonyl (C=O) groups excluding carboxylic acids is 1. The lowest BCUT2D eigenvalue weighted by molar-refractivity contribution is -0.140. The van der Waals surface area contributed by atoms with Gasteiger partial charge in [0.05, 0.1) is 19.2 Å². The van der Waals surface area contributed by atoms with Crippen molar-refractivity contribution in [2.24, 2.45) is 0 Å². The molecule has 1 N–H and O–H groups in total. The van der Waals surface area contributed by atoms with Gasteiger partial charge in [-0.1, -0.05) is 11.6 Å². The predicted molar refractivity (Wildman–Crippen MR) is 90.8 cm³/mol. The third-order valence-electron chi connectivity index (χ3n) is 4.08. The van der Waals surface area contributed by atoms with E-state index in [1.54, 1.807) is 6.07 Å². The summed E-state index contributed by atoms with van der Waals surface area (Å²) in [6, 6.07) is 3.13. The van der Waals surface area contributed by atoms with Crippen LogP contribution in [0.2, 0.25) is 5.15 Å². The van der Waals surface area contributed by atoms with Crippen molar-refractivity contribution in [2.75, 3.05) is 13.9 Å². The molecule has 1 aromatic carbocycles. The van der Waals surface area contributed by atoms with Crippen molar-refractivity contribution in [3.63, 3.8) is 0 Å². The van der Waals surface area contributed by atoms with E-state index in [4.69, 9.17) is 25.8 Å². The molecular weight excluding hydrogens is 368 g/mol. The number of benzene rings is 1. The molecule has 1 atom stereocenters. The fourth-order valence-corrected chi connectivity index (χ4v) is 3.99. The van der Waals surface area contributed by atoms with Gasteiger partial charge in [0.25, 0.3) is 0 Å². The minimum Gasteiger partial charge on any atom is -0.508 e. The number of imidazole rings is 1. The van der Waals surface area contributed by atoms with Crippen molar-refractivity contribution in [3.8, 4) is 17.2 Å². The monoisotopic (exact) mass is 380 g/mol. The van der Waals surface area contributed by atoms with Crippen LogP contribution in [0.25, 0.3) is 4.96 Å². The summed E-state index contributed by atoms with van der Waals surface area (Å²) >= 11 is 7.76. The highest BCUT2D eigenvalue weighted by Gasteiger charge is 2.30. The van der Waals surface area contributed by atoms with E-state index in [-0.39, 0.29) is 24.1 Å². The largest absolute Gasteiger partial charge is 0.508 e. The van der Waals surface area contributed by atoms with Crippen LogP contribution in [-0.2, 0) is 9.53 Å². The van der Waals surface area contributed by atoms with Crippen LogP contribution < -0.4 is 9.47 Å². The van der Waals surface area contributed by atoms with E-state index in [0.29, 0.717) is 27.7 Å². The highest BCUT2D eigenvalue weighted by Crippen LogP contribution is 2.44. The number of hydrogen-bond donors (Lipinski definition) is 1. The summed E-state index contributed by atoms with van der Waals surface area (Å²) in [6.45, 7) is 0.0854. The number of rotatable bonds is 4. The number of esters is 1. The number of thiazole rings is 1. The number of phenolic OH excluding ortho intramolecular Hbond substituents is 1. The lowest BCUT2D eigenvalue weighted by Gasteiger charge is -2.18. The first-order chi connectivity index (χ1) is 12.1. The zero-order chi connectivity index (χ0) is 17.6. The molecule has 1 aliphatic rings. The van der Waals surface area contributed by atoms with Gasteiger partial charge >= 0.3 is 5.97 Å². The molecule has 2 aromatic heterocycles. The fourth-order valence-electron chi connectivity index (χ4n) is 2.92. The van der Waals surface area contributed by atoms with Crippen LogP contribution in [0.5, 0.6) is 17.2 Å². The lowest BCUT2D eigenvalue weighted by Crippen LogP contribution is -2.12. The maximum atomic E-state index is 12.0. The van der Waals surface area contributed by atoms with Gasteiger partial charge in [-0.2, -0.15) is 0 Å². The van der Waals surface area contributed by atoms with E-state index in [1.165, 1.54) is 24.5 Å². The topological polar surface area (TPSA) is 82.3 Å². The lowest BCUT2D eigenvalue weighted by atomic mass is 9.91. The summed E-state index contributed by atoms with van der Waals surface area (Å²) in [7, 11) is 1.32. The summed E-state index contributed by atoms with van der Waals surface area (Å²) in [5.74, 6) is -0.0373. The van der Waals surface area contributed by atoms with Crippen LogP contribution in [0, 0.1) is 0 Å². The molecule has 9 heteroatoms. The third-order valence-corrected chi connectivity index (χ3v) is 5.11. The van der Waals surface area contributed by atoms with E-state index >= 15 is 0 Å². The van der Waals surface area contributed by atoms with Gasteiger partial charge in [-0.05, 0) is 6.07 Å². The van der Waals surface area contributed by atoms with Gasteiger partial charge in [0.15, 0.2) is 21.6 Å². The Labute approximate surface area is 151 Å². The molecule has 0 fully saturated rings. The number of ether oxygens (including phenoxy) is 3. The Bertz CT molecular complexity index is 967. The molecule has 0 saturated carbocycles. The normalized spacial score (nSPS) is 14.0. The highest BCUT2D eigenvalue weighted by atomic mass is 35.5. The van der Waals surface area contributed by atoms with Crippen molar-refractivity contribution in [1.29, 1.82) is 0 Å². The first kappa shape index (κ1) is 16.0. The van der Waals surface area contributed by atoms with Crippen LogP contribution in [0.15, 0.2) is 23.7 Å². The van der Waals surface area contributed by atoms with Gasteiger partial charge in [-0.15, -0.1) is 11.3 Å². The van der Waals surface area contributed by atoms with E-state index in [0.717, 1.165) is 0 Å². The minimum absolute atomic E-state index is 0.00688. The molecule has 3 aromatic rings. The number of aromatic hydroxyl groups is 1. The molecule has 0 unspecified atom stereocenters. The van der Waals surface area contributed by atoms with E-state index in [1.807, 2.05) is 16.0 Å². The number of methoxy groups -OCH3 is 1. The third kappa shape index (κ3) is 2.67. The summed E-state index contributed by atoms with van der Waals surface area (Å²) < 4.78 is 17.3. The van der Waals surface area contributed by atoms with Gasteiger partial charge < -0.3 is 19.3 Å². The smallest absolute Gasteiger partial charge is 0.306 e. The molecule has 1 aliphatic heterocycles. The average molecular weight is 381 g/mol. The molecular formula is C16H13ClN2O5S. The van der Waals surface area contributed by atoms with Crippen LogP contribution in [0.1, 0.15) is 23.6 Å². The Hall–Kier alpha value is -2.45. The quantitative estimate of drug-likeness (QED) is 0.700. The summed E-state index contributed by atoms with van der Waals surface area (Å²) in [5, 5.41) is 12.6.